The van der Waals surface area contributed by atoms with E-state index in [9.17, 15) is 4.79 Å². The van der Waals surface area contributed by atoms with E-state index in [0.29, 0.717) is 12.5 Å². The Balaban J connectivity index is 2.35. The van der Waals surface area contributed by atoms with Gasteiger partial charge in [0.25, 0.3) is 0 Å². The van der Waals surface area contributed by atoms with Crippen molar-refractivity contribution in [2.24, 2.45) is 11.7 Å². The molecule has 1 amide bonds. The van der Waals surface area contributed by atoms with Crippen molar-refractivity contribution in [1.29, 1.82) is 0 Å². The van der Waals surface area contributed by atoms with E-state index in [1.807, 2.05) is 6.92 Å². The third kappa shape index (κ3) is 3.46. The van der Waals surface area contributed by atoms with Crippen LogP contribution in [0.2, 0.25) is 0 Å². The molecule has 1 fully saturated rings. The van der Waals surface area contributed by atoms with Crippen LogP contribution in [0.15, 0.2) is 0 Å². The van der Waals surface area contributed by atoms with Crippen LogP contribution < -0.4 is 11.1 Å². The van der Waals surface area contributed by atoms with Crippen molar-refractivity contribution in [2.45, 2.75) is 58.3 Å². The number of nitrogens with one attached hydrogen (secondary N) is 1. The standard InChI is InChI=1S/C12H24N2O2/c1-4-8(2)9(3)14-12(15)11-6-5-10(7-13)16-11/h8-11H,4-7,13H2,1-3H3,(H,14,15)/t8?,9?,10-,11+/m1/s1. The number of carbonyl (C=O) groups excluding carboxylic acids is 1. The lowest BCUT2D eigenvalue weighted by molar-refractivity contribution is -0.132. The number of amides is 1. The number of hydrogen-bond donors (Lipinski definition) is 2. The Kier molecular flexibility index (Phi) is 5.22. The predicted molar refractivity (Wildman–Crippen MR) is 64.0 cm³/mol. The van der Waals surface area contributed by atoms with Crippen molar-refractivity contribution in [1.82, 2.24) is 5.32 Å². The molecule has 0 saturated carbocycles. The van der Waals surface area contributed by atoms with Gasteiger partial charge in [0, 0.05) is 12.6 Å². The highest BCUT2D eigenvalue weighted by atomic mass is 16.5. The molecule has 1 aliphatic heterocycles. The zero-order chi connectivity index (χ0) is 12.1. The topological polar surface area (TPSA) is 64.4 Å². The van der Waals surface area contributed by atoms with Crippen molar-refractivity contribution in [2.75, 3.05) is 6.54 Å². The summed E-state index contributed by atoms with van der Waals surface area (Å²) in [7, 11) is 0. The fourth-order valence-corrected chi connectivity index (χ4v) is 1.89. The largest absolute Gasteiger partial charge is 0.364 e. The van der Waals surface area contributed by atoms with Crippen molar-refractivity contribution in [3.05, 3.63) is 0 Å². The van der Waals surface area contributed by atoms with E-state index in [0.717, 1.165) is 19.3 Å². The summed E-state index contributed by atoms with van der Waals surface area (Å²) < 4.78 is 5.55. The predicted octanol–water partition coefficient (Wildman–Crippen LogP) is 1.04. The second-order valence-electron chi connectivity index (χ2n) is 4.74. The third-order valence-corrected chi connectivity index (χ3v) is 3.53. The first-order valence-corrected chi connectivity index (χ1v) is 6.24. The molecule has 16 heavy (non-hydrogen) atoms. The van der Waals surface area contributed by atoms with Crippen LogP contribution in [0, 0.1) is 5.92 Å². The van der Waals surface area contributed by atoms with E-state index in [4.69, 9.17) is 10.5 Å². The molecule has 1 heterocycles. The highest BCUT2D eigenvalue weighted by Gasteiger charge is 2.30. The van der Waals surface area contributed by atoms with Gasteiger partial charge in [0.2, 0.25) is 5.91 Å². The van der Waals surface area contributed by atoms with Gasteiger partial charge in [0.05, 0.1) is 6.10 Å². The van der Waals surface area contributed by atoms with Crippen LogP contribution in [-0.2, 0) is 9.53 Å². The third-order valence-electron chi connectivity index (χ3n) is 3.53. The van der Waals surface area contributed by atoms with Crippen molar-refractivity contribution in [3.63, 3.8) is 0 Å². The summed E-state index contributed by atoms with van der Waals surface area (Å²) >= 11 is 0. The van der Waals surface area contributed by atoms with Crippen LogP contribution in [0.5, 0.6) is 0 Å². The van der Waals surface area contributed by atoms with Crippen LogP contribution in [0.3, 0.4) is 0 Å². The van der Waals surface area contributed by atoms with E-state index in [1.165, 1.54) is 0 Å². The molecule has 1 aliphatic rings. The molecule has 0 aliphatic carbocycles. The lowest BCUT2D eigenvalue weighted by Gasteiger charge is -2.22. The van der Waals surface area contributed by atoms with Crippen LogP contribution >= 0.6 is 0 Å². The van der Waals surface area contributed by atoms with E-state index < -0.39 is 0 Å². The number of ether oxygens (including phenoxy) is 1. The monoisotopic (exact) mass is 228 g/mol. The first-order valence-electron chi connectivity index (χ1n) is 6.24. The molecule has 0 aromatic heterocycles. The molecule has 0 spiro atoms. The molecular formula is C12H24N2O2. The van der Waals surface area contributed by atoms with E-state index in [1.54, 1.807) is 0 Å². The second-order valence-corrected chi connectivity index (χ2v) is 4.74. The summed E-state index contributed by atoms with van der Waals surface area (Å²) in [6, 6.07) is 0.207. The molecule has 1 rings (SSSR count). The average Bonchev–Trinajstić information content (AvgIpc) is 2.76. The molecule has 1 saturated heterocycles. The number of hydrogen-bond acceptors (Lipinski definition) is 3. The zero-order valence-corrected chi connectivity index (χ0v) is 10.5. The molecule has 4 atom stereocenters. The molecule has 0 aromatic carbocycles. The van der Waals surface area contributed by atoms with Gasteiger partial charge in [-0.25, -0.2) is 0 Å². The maximum absolute atomic E-state index is 11.9. The van der Waals surface area contributed by atoms with Gasteiger partial charge in [0.15, 0.2) is 0 Å². The van der Waals surface area contributed by atoms with Gasteiger partial charge < -0.3 is 15.8 Å². The zero-order valence-electron chi connectivity index (χ0n) is 10.5. The summed E-state index contributed by atoms with van der Waals surface area (Å²) in [4.78, 5) is 11.9. The first-order chi connectivity index (χ1) is 7.58. The number of carbonyl (C=O) groups is 1. The molecule has 94 valence electrons. The summed E-state index contributed by atoms with van der Waals surface area (Å²) in [5.41, 5.74) is 5.51. The van der Waals surface area contributed by atoms with Crippen LogP contribution in [0.25, 0.3) is 0 Å². The maximum Gasteiger partial charge on any atom is 0.249 e. The van der Waals surface area contributed by atoms with Crippen LogP contribution in [0.4, 0.5) is 0 Å². The minimum atomic E-state index is -0.292. The molecule has 4 heteroatoms. The van der Waals surface area contributed by atoms with E-state index in [-0.39, 0.29) is 24.2 Å². The smallest absolute Gasteiger partial charge is 0.249 e. The average molecular weight is 228 g/mol. The van der Waals surface area contributed by atoms with Crippen molar-refractivity contribution >= 4 is 5.91 Å². The molecule has 2 unspecified atom stereocenters. The SMILES string of the molecule is CCC(C)C(C)NC(=O)[C@@H]1CC[C@H](CN)O1. The van der Waals surface area contributed by atoms with Gasteiger partial charge in [-0.1, -0.05) is 20.3 Å². The number of nitrogens with two attached hydrogens (primary N) is 1. The molecular weight excluding hydrogens is 204 g/mol. The summed E-state index contributed by atoms with van der Waals surface area (Å²) in [5.74, 6) is 0.513. The first kappa shape index (κ1) is 13.5. The van der Waals surface area contributed by atoms with Crippen LogP contribution in [-0.4, -0.2) is 30.7 Å². The molecule has 3 N–H and O–H groups in total. The molecule has 0 bridgehead atoms. The summed E-state index contributed by atoms with van der Waals surface area (Å²) in [5, 5.41) is 3.01. The Morgan fingerprint density at radius 2 is 2.19 bits per heavy atom. The normalized spacial score (nSPS) is 28.8. The Labute approximate surface area is 97.9 Å². The summed E-state index contributed by atoms with van der Waals surface area (Å²) in [6.07, 6.45) is 2.53. The Morgan fingerprint density at radius 3 is 2.69 bits per heavy atom. The van der Waals surface area contributed by atoms with E-state index >= 15 is 0 Å². The van der Waals surface area contributed by atoms with Gasteiger partial charge >= 0.3 is 0 Å². The molecule has 4 nitrogen and oxygen atoms in total. The molecule has 0 radical (unpaired) electrons. The Bertz CT molecular complexity index is 233. The highest BCUT2D eigenvalue weighted by molar-refractivity contribution is 5.81. The Morgan fingerprint density at radius 1 is 1.50 bits per heavy atom. The lowest BCUT2D eigenvalue weighted by atomic mass is 10.0. The second kappa shape index (κ2) is 6.21. The fourth-order valence-electron chi connectivity index (χ4n) is 1.89. The van der Waals surface area contributed by atoms with Gasteiger partial charge in [0.1, 0.15) is 6.10 Å². The van der Waals surface area contributed by atoms with Crippen LogP contribution in [0.1, 0.15) is 40.0 Å². The lowest BCUT2D eigenvalue weighted by Crippen LogP contribution is -2.43. The van der Waals surface area contributed by atoms with Gasteiger partial charge in [-0.15, -0.1) is 0 Å². The summed E-state index contributed by atoms with van der Waals surface area (Å²) in [6.45, 7) is 6.82. The maximum atomic E-state index is 11.9. The van der Waals surface area contributed by atoms with Gasteiger partial charge in [-0.05, 0) is 25.7 Å². The fraction of sp³-hybridized carbons (Fsp3) is 0.917. The van der Waals surface area contributed by atoms with Gasteiger partial charge in [-0.3, -0.25) is 4.79 Å². The van der Waals surface area contributed by atoms with Gasteiger partial charge in [-0.2, -0.15) is 0 Å². The highest BCUT2D eigenvalue weighted by Crippen LogP contribution is 2.19. The minimum Gasteiger partial charge on any atom is -0.364 e. The van der Waals surface area contributed by atoms with Crippen molar-refractivity contribution < 1.29 is 9.53 Å². The van der Waals surface area contributed by atoms with Crippen molar-refractivity contribution in [3.8, 4) is 0 Å². The quantitative estimate of drug-likeness (QED) is 0.739. The minimum absolute atomic E-state index is 0.0174. The Hall–Kier alpha value is -0.610. The molecule has 0 aromatic rings. The number of rotatable bonds is 5. The van der Waals surface area contributed by atoms with E-state index in [2.05, 4.69) is 19.2 Å².